The van der Waals surface area contributed by atoms with Crippen molar-refractivity contribution in [1.82, 2.24) is 0 Å². The van der Waals surface area contributed by atoms with Gasteiger partial charge >= 0.3 is 12.3 Å². The summed E-state index contributed by atoms with van der Waals surface area (Å²) < 4.78 is 20.7. The maximum absolute atomic E-state index is 11.7. The molecule has 2 unspecified atom stereocenters. The number of ether oxygens (including phenoxy) is 4. The molecule has 6 nitrogen and oxygen atoms in total. The lowest BCUT2D eigenvalue weighted by Gasteiger charge is -2.31. The molecule has 6 heteroatoms. The van der Waals surface area contributed by atoms with Crippen LogP contribution < -0.4 is 0 Å². The third-order valence-electron chi connectivity index (χ3n) is 2.77. The zero-order valence-corrected chi connectivity index (χ0v) is 14.9. The van der Waals surface area contributed by atoms with Crippen molar-refractivity contribution in [3.8, 4) is 0 Å². The van der Waals surface area contributed by atoms with E-state index in [0.717, 1.165) is 0 Å². The smallest absolute Gasteiger partial charge is 0.432 e. The first kappa shape index (κ1) is 20.5. The molecule has 0 aliphatic carbocycles. The van der Waals surface area contributed by atoms with Gasteiger partial charge in [0.2, 0.25) is 0 Å². The number of hydrogen-bond acceptors (Lipinski definition) is 6. The summed E-state index contributed by atoms with van der Waals surface area (Å²) in [5, 5.41) is 0. The van der Waals surface area contributed by atoms with E-state index in [2.05, 4.69) is 0 Å². The zero-order valence-electron chi connectivity index (χ0n) is 14.9. The van der Waals surface area contributed by atoms with Crippen molar-refractivity contribution < 1.29 is 28.5 Å². The summed E-state index contributed by atoms with van der Waals surface area (Å²) in [6, 6.07) is 0. The third-order valence-corrected chi connectivity index (χ3v) is 2.77. The van der Waals surface area contributed by atoms with Gasteiger partial charge in [-0.3, -0.25) is 0 Å². The first-order valence-electron chi connectivity index (χ1n) is 7.79. The van der Waals surface area contributed by atoms with Crippen molar-refractivity contribution in [2.24, 2.45) is 11.8 Å². The highest BCUT2D eigenvalue weighted by atomic mass is 16.8. The topological polar surface area (TPSA) is 71.1 Å². The van der Waals surface area contributed by atoms with Gasteiger partial charge in [-0.05, 0) is 39.5 Å². The minimum absolute atomic E-state index is 0.0426. The molecule has 0 bridgehead atoms. The van der Waals surface area contributed by atoms with Gasteiger partial charge < -0.3 is 18.9 Å². The minimum atomic E-state index is -0.764. The second-order valence-electron chi connectivity index (χ2n) is 6.49. The molecular weight excluding hydrogens is 288 g/mol. The second-order valence-corrected chi connectivity index (χ2v) is 6.49. The summed E-state index contributed by atoms with van der Waals surface area (Å²) in [6.07, 6.45) is -3.29. The van der Waals surface area contributed by atoms with Gasteiger partial charge in [-0.2, -0.15) is 0 Å². The lowest BCUT2D eigenvalue weighted by molar-refractivity contribution is -0.0926. The molecule has 22 heavy (non-hydrogen) atoms. The summed E-state index contributed by atoms with van der Waals surface area (Å²) in [7, 11) is 0. The van der Waals surface area contributed by atoms with Gasteiger partial charge in [0.05, 0.1) is 12.2 Å². The molecule has 0 saturated carbocycles. The Morgan fingerprint density at radius 1 is 0.545 bits per heavy atom. The van der Waals surface area contributed by atoms with Crippen LogP contribution in [0.4, 0.5) is 9.59 Å². The van der Waals surface area contributed by atoms with Crippen molar-refractivity contribution in [3.05, 3.63) is 0 Å². The molecule has 0 amide bonds. The van der Waals surface area contributed by atoms with Crippen LogP contribution in [-0.4, -0.2) is 36.7 Å². The standard InChI is InChI=1S/C16H30O6/c1-9(2)13(21-15(17)19-11(5)6)14(10(3)4)22-16(18)20-12(7)8/h9-14H,1-8H3. The maximum Gasteiger partial charge on any atom is 0.508 e. The summed E-state index contributed by atoms with van der Waals surface area (Å²) in [6.45, 7) is 14.5. The van der Waals surface area contributed by atoms with Crippen LogP contribution in [0.5, 0.6) is 0 Å². The third kappa shape index (κ3) is 8.10. The van der Waals surface area contributed by atoms with Crippen LogP contribution in [0.25, 0.3) is 0 Å². The number of rotatable bonds is 7. The van der Waals surface area contributed by atoms with Crippen molar-refractivity contribution in [1.29, 1.82) is 0 Å². The van der Waals surface area contributed by atoms with Crippen LogP contribution in [0.3, 0.4) is 0 Å². The molecule has 0 fully saturated rings. The number of hydrogen-bond donors (Lipinski definition) is 0. The van der Waals surface area contributed by atoms with Crippen molar-refractivity contribution in [3.63, 3.8) is 0 Å². The van der Waals surface area contributed by atoms with Crippen LogP contribution in [0.15, 0.2) is 0 Å². The normalized spacial score (nSPS) is 14.2. The van der Waals surface area contributed by atoms with Crippen LogP contribution in [0.2, 0.25) is 0 Å². The van der Waals surface area contributed by atoms with E-state index in [1.54, 1.807) is 27.7 Å². The average Bonchev–Trinajstić information content (AvgIpc) is 2.30. The molecule has 0 radical (unpaired) electrons. The predicted molar refractivity (Wildman–Crippen MR) is 82.7 cm³/mol. The fourth-order valence-electron chi connectivity index (χ4n) is 1.83. The van der Waals surface area contributed by atoms with E-state index in [1.807, 2.05) is 27.7 Å². The SMILES string of the molecule is CC(C)OC(=O)OC(C(C)C)C(OC(=O)OC(C)C)C(C)C. The maximum atomic E-state index is 11.7. The molecule has 0 aromatic heterocycles. The Balaban J connectivity index is 4.95. The van der Waals surface area contributed by atoms with Gasteiger partial charge in [-0.25, -0.2) is 9.59 Å². The Morgan fingerprint density at radius 3 is 1.00 bits per heavy atom. The molecule has 0 heterocycles. The summed E-state index contributed by atoms with van der Waals surface area (Å²) >= 11 is 0. The first-order chi connectivity index (χ1) is 10.0. The molecule has 0 aromatic carbocycles. The molecule has 2 atom stereocenters. The lowest BCUT2D eigenvalue weighted by Crippen LogP contribution is -2.42. The largest absolute Gasteiger partial charge is 0.508 e. The van der Waals surface area contributed by atoms with E-state index in [-0.39, 0.29) is 24.0 Å². The van der Waals surface area contributed by atoms with Gasteiger partial charge in [0.25, 0.3) is 0 Å². The monoisotopic (exact) mass is 318 g/mol. The Bertz CT molecular complexity index is 315. The van der Waals surface area contributed by atoms with Crippen LogP contribution in [0, 0.1) is 11.8 Å². The Labute approximate surface area is 133 Å². The van der Waals surface area contributed by atoms with Gasteiger partial charge in [0, 0.05) is 0 Å². The summed E-state index contributed by atoms with van der Waals surface area (Å²) in [5.74, 6) is -0.0853. The minimum Gasteiger partial charge on any atom is -0.432 e. The van der Waals surface area contributed by atoms with E-state index in [1.165, 1.54) is 0 Å². The highest BCUT2D eigenvalue weighted by Gasteiger charge is 2.35. The highest BCUT2D eigenvalue weighted by molar-refractivity contribution is 5.61. The predicted octanol–water partition coefficient (Wildman–Crippen LogP) is 4.16. The zero-order chi connectivity index (χ0) is 17.4. The van der Waals surface area contributed by atoms with Crippen molar-refractivity contribution in [2.75, 3.05) is 0 Å². The van der Waals surface area contributed by atoms with E-state index >= 15 is 0 Å². The Kier molecular flexibility index (Phi) is 8.90. The summed E-state index contributed by atoms with van der Waals surface area (Å²) in [4.78, 5) is 23.5. The molecule has 0 aliphatic rings. The van der Waals surface area contributed by atoms with Crippen LogP contribution in [-0.2, 0) is 18.9 Å². The van der Waals surface area contributed by atoms with Gasteiger partial charge in [-0.1, -0.05) is 27.7 Å². The van der Waals surface area contributed by atoms with Gasteiger partial charge in [0.1, 0.15) is 12.2 Å². The molecule has 0 aromatic rings. The average molecular weight is 318 g/mol. The van der Waals surface area contributed by atoms with Gasteiger partial charge in [-0.15, -0.1) is 0 Å². The van der Waals surface area contributed by atoms with E-state index in [9.17, 15) is 9.59 Å². The Morgan fingerprint density at radius 2 is 0.818 bits per heavy atom. The molecule has 0 spiro atoms. The molecule has 0 aliphatic heterocycles. The van der Waals surface area contributed by atoms with E-state index < -0.39 is 24.5 Å². The van der Waals surface area contributed by atoms with Crippen molar-refractivity contribution in [2.45, 2.75) is 79.8 Å². The molecule has 130 valence electrons. The van der Waals surface area contributed by atoms with Crippen LogP contribution >= 0.6 is 0 Å². The van der Waals surface area contributed by atoms with E-state index in [0.29, 0.717) is 0 Å². The van der Waals surface area contributed by atoms with E-state index in [4.69, 9.17) is 18.9 Å². The summed E-state index contributed by atoms with van der Waals surface area (Å²) in [5.41, 5.74) is 0. The fraction of sp³-hybridized carbons (Fsp3) is 0.875. The number of carbonyl (C=O) groups excluding carboxylic acids is 2. The number of carbonyl (C=O) groups is 2. The first-order valence-corrected chi connectivity index (χ1v) is 7.79. The lowest BCUT2D eigenvalue weighted by atomic mass is 9.93. The van der Waals surface area contributed by atoms with Crippen molar-refractivity contribution >= 4 is 12.3 Å². The van der Waals surface area contributed by atoms with Crippen LogP contribution in [0.1, 0.15) is 55.4 Å². The fourth-order valence-corrected chi connectivity index (χ4v) is 1.83. The quantitative estimate of drug-likeness (QED) is 0.656. The Hall–Kier alpha value is -1.46. The molecular formula is C16H30O6. The molecule has 0 saturated heterocycles. The molecule has 0 N–H and O–H groups in total. The van der Waals surface area contributed by atoms with Gasteiger partial charge in [0.15, 0.2) is 0 Å². The second kappa shape index (κ2) is 9.54. The highest BCUT2D eigenvalue weighted by Crippen LogP contribution is 2.22. The molecule has 0 rings (SSSR count).